The quantitative estimate of drug-likeness (QED) is 0.713. The van der Waals surface area contributed by atoms with E-state index in [2.05, 4.69) is 53.0 Å². The highest BCUT2D eigenvalue weighted by molar-refractivity contribution is 5.87. The first kappa shape index (κ1) is 17.7. The minimum atomic E-state index is 0.0616. The van der Waals surface area contributed by atoms with E-state index in [1.54, 1.807) is 7.11 Å². The van der Waals surface area contributed by atoms with Crippen LogP contribution in [-0.2, 0) is 17.8 Å². The number of nitrogens with one attached hydrogen (secondary N) is 2. The van der Waals surface area contributed by atoms with Crippen LogP contribution in [0, 0.1) is 13.8 Å². The number of fused-ring (bicyclic) bond motifs is 3. The highest BCUT2D eigenvalue weighted by atomic mass is 16.5. The van der Waals surface area contributed by atoms with Gasteiger partial charge in [-0.2, -0.15) is 0 Å². The Morgan fingerprint density at radius 2 is 2.04 bits per heavy atom. The summed E-state index contributed by atoms with van der Waals surface area (Å²) in [5.74, 6) is 0.976. The number of rotatable bonds is 5. The van der Waals surface area contributed by atoms with Crippen LogP contribution in [0.5, 0.6) is 5.75 Å². The van der Waals surface area contributed by atoms with E-state index < -0.39 is 0 Å². The van der Waals surface area contributed by atoms with E-state index in [-0.39, 0.29) is 11.9 Å². The molecule has 27 heavy (non-hydrogen) atoms. The average Bonchev–Trinajstić information content (AvgIpc) is 3.20. The lowest BCUT2D eigenvalue weighted by atomic mass is 9.91. The number of aromatic amines is 1. The van der Waals surface area contributed by atoms with Crippen LogP contribution in [0.4, 0.5) is 0 Å². The number of carbonyl (C=O) groups excluding carboxylic acids is 1. The van der Waals surface area contributed by atoms with E-state index in [9.17, 15) is 4.79 Å². The molecule has 2 heterocycles. The molecule has 2 N–H and O–H groups in total. The maximum atomic E-state index is 12.6. The number of hydrogen-bond acceptors (Lipinski definition) is 2. The SMILES string of the molecule is COc1ccc2[nH]c3c(c2c1)CCC[C@H]3NC(=O)CCn1c(C)ccc1C. The fraction of sp³-hybridized carbons (Fsp3) is 0.409. The number of hydrogen-bond donors (Lipinski definition) is 2. The number of aryl methyl sites for hydroxylation is 3. The number of aromatic nitrogens is 2. The molecule has 142 valence electrons. The van der Waals surface area contributed by atoms with Gasteiger partial charge < -0.3 is 19.6 Å². The standard InChI is InChI=1S/C22H27N3O2/c1-14-7-8-15(2)25(14)12-11-21(26)23-20-6-4-5-17-18-13-16(27-3)9-10-19(18)24-22(17)20/h7-10,13,20,24H,4-6,11-12H2,1-3H3,(H,23,26)/t20-/m1/s1. The zero-order chi connectivity index (χ0) is 19.0. The monoisotopic (exact) mass is 365 g/mol. The lowest BCUT2D eigenvalue weighted by Crippen LogP contribution is -2.31. The summed E-state index contributed by atoms with van der Waals surface area (Å²) in [6.45, 7) is 4.88. The number of ether oxygens (including phenoxy) is 1. The Morgan fingerprint density at radius 1 is 1.26 bits per heavy atom. The van der Waals surface area contributed by atoms with Crippen molar-refractivity contribution in [2.24, 2.45) is 0 Å². The van der Waals surface area contributed by atoms with Gasteiger partial charge in [0.15, 0.2) is 0 Å². The Hall–Kier alpha value is -2.69. The van der Waals surface area contributed by atoms with Gasteiger partial charge in [-0.1, -0.05) is 0 Å². The maximum absolute atomic E-state index is 12.6. The van der Waals surface area contributed by atoms with Crippen molar-refractivity contribution in [3.63, 3.8) is 0 Å². The zero-order valence-electron chi connectivity index (χ0n) is 16.3. The minimum Gasteiger partial charge on any atom is -0.497 e. The largest absolute Gasteiger partial charge is 0.497 e. The molecule has 0 saturated carbocycles. The Morgan fingerprint density at radius 3 is 2.78 bits per heavy atom. The third-order valence-electron chi connectivity index (χ3n) is 5.73. The normalized spacial score (nSPS) is 16.3. The van der Waals surface area contributed by atoms with E-state index in [4.69, 9.17) is 4.74 Å². The third-order valence-corrected chi connectivity index (χ3v) is 5.73. The molecule has 3 aromatic rings. The smallest absolute Gasteiger partial charge is 0.222 e. The van der Waals surface area contributed by atoms with Crippen LogP contribution < -0.4 is 10.1 Å². The highest BCUT2D eigenvalue weighted by Gasteiger charge is 2.25. The molecular formula is C22H27N3O2. The van der Waals surface area contributed by atoms with Gasteiger partial charge >= 0.3 is 0 Å². The van der Waals surface area contributed by atoms with Gasteiger partial charge in [-0.3, -0.25) is 4.79 Å². The number of H-pyrrole nitrogens is 1. The second-order valence-corrected chi connectivity index (χ2v) is 7.46. The van der Waals surface area contributed by atoms with Crippen LogP contribution in [0.1, 0.15) is 47.9 Å². The second-order valence-electron chi connectivity index (χ2n) is 7.46. The molecule has 1 aliphatic rings. The molecule has 5 nitrogen and oxygen atoms in total. The van der Waals surface area contributed by atoms with Gasteiger partial charge in [0.2, 0.25) is 5.91 Å². The first-order valence-corrected chi connectivity index (χ1v) is 9.67. The molecule has 0 unspecified atom stereocenters. The predicted octanol–water partition coefficient (Wildman–Crippen LogP) is 4.18. The van der Waals surface area contributed by atoms with Gasteiger partial charge in [0.25, 0.3) is 0 Å². The van der Waals surface area contributed by atoms with Gasteiger partial charge in [-0.25, -0.2) is 0 Å². The van der Waals surface area contributed by atoms with Gasteiger partial charge in [0.05, 0.1) is 13.2 Å². The number of benzene rings is 1. The summed E-state index contributed by atoms with van der Waals surface area (Å²) in [4.78, 5) is 16.1. The van der Waals surface area contributed by atoms with E-state index in [0.29, 0.717) is 6.42 Å². The van der Waals surface area contributed by atoms with Crippen molar-refractivity contribution in [2.45, 2.75) is 52.1 Å². The predicted molar refractivity (Wildman–Crippen MR) is 107 cm³/mol. The molecule has 1 aromatic carbocycles. The number of methoxy groups -OCH3 is 1. The van der Waals surface area contributed by atoms with Gasteiger partial charge in [0, 0.05) is 41.0 Å². The van der Waals surface area contributed by atoms with Crippen LogP contribution in [-0.4, -0.2) is 22.6 Å². The van der Waals surface area contributed by atoms with Crippen LogP contribution in [0.3, 0.4) is 0 Å². The molecule has 0 fully saturated rings. The molecule has 0 bridgehead atoms. The summed E-state index contributed by atoms with van der Waals surface area (Å²) in [6.07, 6.45) is 3.59. The van der Waals surface area contributed by atoms with Gasteiger partial charge in [0.1, 0.15) is 5.75 Å². The first-order chi connectivity index (χ1) is 13.1. The van der Waals surface area contributed by atoms with Crippen molar-refractivity contribution in [3.8, 4) is 5.75 Å². The number of carbonyl (C=O) groups is 1. The van der Waals surface area contributed by atoms with Crippen LogP contribution in [0.15, 0.2) is 30.3 Å². The number of amides is 1. The van der Waals surface area contributed by atoms with E-state index in [0.717, 1.165) is 42.8 Å². The van der Waals surface area contributed by atoms with E-state index >= 15 is 0 Å². The highest BCUT2D eigenvalue weighted by Crippen LogP contribution is 2.36. The molecule has 2 aromatic heterocycles. The molecular weight excluding hydrogens is 338 g/mol. The summed E-state index contributed by atoms with van der Waals surface area (Å²) in [7, 11) is 1.69. The Bertz CT molecular complexity index is 964. The molecule has 4 rings (SSSR count). The van der Waals surface area contributed by atoms with Crippen molar-refractivity contribution in [2.75, 3.05) is 7.11 Å². The van der Waals surface area contributed by atoms with Gasteiger partial charge in [-0.15, -0.1) is 0 Å². The van der Waals surface area contributed by atoms with Crippen LogP contribution >= 0.6 is 0 Å². The molecule has 0 aliphatic heterocycles. The summed E-state index contributed by atoms with van der Waals surface area (Å²) in [5.41, 5.74) is 5.99. The summed E-state index contributed by atoms with van der Waals surface area (Å²) >= 11 is 0. The Labute approximate surface area is 159 Å². The van der Waals surface area contributed by atoms with Gasteiger partial charge in [-0.05, 0) is 69.0 Å². The van der Waals surface area contributed by atoms with Crippen molar-refractivity contribution in [1.82, 2.24) is 14.9 Å². The Balaban J connectivity index is 1.50. The lowest BCUT2D eigenvalue weighted by Gasteiger charge is -2.24. The summed E-state index contributed by atoms with van der Waals surface area (Å²) in [5, 5.41) is 4.46. The third kappa shape index (κ3) is 3.34. The number of nitrogens with zero attached hydrogens (tertiary/aromatic N) is 1. The van der Waals surface area contributed by atoms with Crippen molar-refractivity contribution >= 4 is 16.8 Å². The molecule has 1 atom stereocenters. The molecule has 1 aliphatic carbocycles. The summed E-state index contributed by atoms with van der Waals surface area (Å²) < 4.78 is 7.57. The Kier molecular flexibility index (Phi) is 4.68. The fourth-order valence-electron chi connectivity index (χ4n) is 4.24. The molecule has 0 saturated heterocycles. The van der Waals surface area contributed by atoms with Crippen molar-refractivity contribution in [1.29, 1.82) is 0 Å². The van der Waals surface area contributed by atoms with E-state index in [1.807, 2.05) is 6.07 Å². The van der Waals surface area contributed by atoms with Crippen molar-refractivity contribution < 1.29 is 9.53 Å². The van der Waals surface area contributed by atoms with E-state index in [1.165, 1.54) is 22.3 Å². The molecule has 0 spiro atoms. The lowest BCUT2D eigenvalue weighted by molar-refractivity contribution is -0.122. The first-order valence-electron chi connectivity index (χ1n) is 9.67. The van der Waals surface area contributed by atoms with Crippen LogP contribution in [0.25, 0.3) is 10.9 Å². The zero-order valence-corrected chi connectivity index (χ0v) is 16.3. The van der Waals surface area contributed by atoms with Crippen LogP contribution in [0.2, 0.25) is 0 Å². The topological polar surface area (TPSA) is 59.0 Å². The second kappa shape index (κ2) is 7.14. The molecule has 0 radical (unpaired) electrons. The average molecular weight is 365 g/mol. The van der Waals surface area contributed by atoms with Crippen molar-refractivity contribution in [3.05, 3.63) is 53.0 Å². The molecule has 5 heteroatoms. The summed E-state index contributed by atoms with van der Waals surface area (Å²) in [6, 6.07) is 10.4. The minimum absolute atomic E-state index is 0.0616. The fourth-order valence-corrected chi connectivity index (χ4v) is 4.24. The molecule has 1 amide bonds. The maximum Gasteiger partial charge on any atom is 0.222 e.